The highest BCUT2D eigenvalue weighted by molar-refractivity contribution is 8.77. The van der Waals surface area contributed by atoms with Gasteiger partial charge in [-0.3, -0.25) is 19.8 Å². The number of carbonyl (C=O) groups excluding carboxylic acids is 2. The molecule has 1 aromatic heterocycles. The third kappa shape index (κ3) is 5.41. The molecule has 1 aliphatic rings. The van der Waals surface area contributed by atoms with Crippen LogP contribution in [0.5, 0.6) is 0 Å². The molecule has 36 heavy (non-hydrogen) atoms. The SMILES string of the molecule is CC(C)=C(C(=O)OCc1ccc([N+](=O)[O-])cc1)N1C(=O)[C@H]([C@@H](C)O)[C@H]1SSc1nc2ccccc2s1. The van der Waals surface area contributed by atoms with Gasteiger partial charge in [0, 0.05) is 12.1 Å². The Morgan fingerprint density at radius 2 is 1.94 bits per heavy atom. The maximum Gasteiger partial charge on any atom is 0.355 e. The lowest BCUT2D eigenvalue weighted by atomic mass is 9.91. The second-order valence-electron chi connectivity index (χ2n) is 8.34. The van der Waals surface area contributed by atoms with Crippen molar-refractivity contribution in [3.63, 3.8) is 0 Å². The summed E-state index contributed by atoms with van der Waals surface area (Å²) in [4.78, 5) is 42.4. The summed E-state index contributed by atoms with van der Waals surface area (Å²) >= 11 is 1.53. The third-order valence-electron chi connectivity index (χ3n) is 5.52. The van der Waals surface area contributed by atoms with E-state index in [1.165, 1.54) is 62.1 Å². The van der Waals surface area contributed by atoms with Gasteiger partial charge in [-0.2, -0.15) is 0 Å². The number of allylic oxidation sites excluding steroid dienone is 1. The molecule has 0 unspecified atom stereocenters. The number of ether oxygens (including phenoxy) is 1. The van der Waals surface area contributed by atoms with Crippen LogP contribution < -0.4 is 0 Å². The number of aliphatic hydroxyl groups is 1. The van der Waals surface area contributed by atoms with Crippen LogP contribution in [-0.4, -0.2) is 43.3 Å². The Morgan fingerprint density at radius 3 is 2.56 bits per heavy atom. The molecule has 0 radical (unpaired) electrons. The topological polar surface area (TPSA) is 123 Å². The highest BCUT2D eigenvalue weighted by atomic mass is 33.1. The van der Waals surface area contributed by atoms with Gasteiger partial charge in [-0.25, -0.2) is 9.78 Å². The first-order valence-corrected chi connectivity index (χ1v) is 14.0. The van der Waals surface area contributed by atoms with Crippen LogP contribution in [-0.2, 0) is 20.9 Å². The predicted octanol–water partition coefficient (Wildman–Crippen LogP) is 5.15. The molecule has 4 rings (SSSR count). The fourth-order valence-corrected chi connectivity index (χ4v) is 7.83. The number of rotatable bonds is 9. The van der Waals surface area contributed by atoms with Crippen LogP contribution in [0.1, 0.15) is 26.3 Å². The molecule has 1 fully saturated rings. The van der Waals surface area contributed by atoms with E-state index in [1.54, 1.807) is 20.8 Å². The number of para-hydroxylation sites is 1. The molecule has 1 amide bonds. The molecule has 0 saturated carbocycles. The number of aliphatic hydroxyl groups excluding tert-OH is 1. The van der Waals surface area contributed by atoms with E-state index in [1.807, 2.05) is 24.3 Å². The van der Waals surface area contributed by atoms with Gasteiger partial charge >= 0.3 is 5.97 Å². The molecule has 0 spiro atoms. The lowest BCUT2D eigenvalue weighted by molar-refractivity contribution is -0.384. The van der Waals surface area contributed by atoms with Gasteiger partial charge in [0.2, 0.25) is 5.91 Å². The van der Waals surface area contributed by atoms with Crippen molar-refractivity contribution >= 4 is 60.7 Å². The number of carbonyl (C=O) groups is 2. The summed E-state index contributed by atoms with van der Waals surface area (Å²) in [6, 6.07) is 13.5. The largest absolute Gasteiger partial charge is 0.456 e. The number of amides is 1. The minimum atomic E-state index is -0.892. The average molecular weight is 546 g/mol. The number of esters is 1. The van der Waals surface area contributed by atoms with Crippen molar-refractivity contribution in [3.05, 3.63) is 75.5 Å². The number of hydrogen-bond donors (Lipinski definition) is 1. The number of aromatic nitrogens is 1. The molecule has 12 heteroatoms. The van der Waals surface area contributed by atoms with E-state index < -0.39 is 28.3 Å². The third-order valence-corrected chi connectivity index (χ3v) is 9.55. The summed E-state index contributed by atoms with van der Waals surface area (Å²) < 4.78 is 7.31. The van der Waals surface area contributed by atoms with E-state index in [9.17, 15) is 24.8 Å². The van der Waals surface area contributed by atoms with Crippen LogP contribution in [0.4, 0.5) is 5.69 Å². The van der Waals surface area contributed by atoms with Gasteiger partial charge < -0.3 is 9.84 Å². The quantitative estimate of drug-likeness (QED) is 0.0971. The van der Waals surface area contributed by atoms with Crippen LogP contribution >= 0.6 is 32.9 Å². The van der Waals surface area contributed by atoms with Crippen LogP contribution in [0.2, 0.25) is 0 Å². The molecule has 0 aliphatic carbocycles. The molecule has 3 atom stereocenters. The van der Waals surface area contributed by atoms with E-state index in [0.29, 0.717) is 11.1 Å². The van der Waals surface area contributed by atoms with Gasteiger partial charge in [-0.1, -0.05) is 22.9 Å². The fourth-order valence-electron chi connectivity index (χ4n) is 3.72. The van der Waals surface area contributed by atoms with Crippen molar-refractivity contribution in [3.8, 4) is 0 Å². The maximum atomic E-state index is 13.1. The monoisotopic (exact) mass is 545 g/mol. The van der Waals surface area contributed by atoms with Crippen molar-refractivity contribution in [2.45, 2.75) is 43.2 Å². The number of nitro benzene ring substituents is 1. The Morgan fingerprint density at radius 1 is 1.25 bits per heavy atom. The Balaban J connectivity index is 1.49. The molecule has 3 aromatic rings. The number of non-ortho nitro benzene ring substituents is 1. The summed E-state index contributed by atoms with van der Waals surface area (Å²) in [6.07, 6.45) is -0.892. The molecule has 1 saturated heterocycles. The van der Waals surface area contributed by atoms with Crippen LogP contribution in [0.25, 0.3) is 10.2 Å². The lowest BCUT2D eigenvalue weighted by Gasteiger charge is -2.47. The van der Waals surface area contributed by atoms with Crippen molar-refractivity contribution in [2.75, 3.05) is 0 Å². The molecular formula is C24H23N3O6S3. The summed E-state index contributed by atoms with van der Waals surface area (Å²) in [5.41, 5.74) is 2.13. The highest BCUT2D eigenvalue weighted by Crippen LogP contribution is 2.49. The van der Waals surface area contributed by atoms with E-state index in [2.05, 4.69) is 4.98 Å². The predicted molar refractivity (Wildman–Crippen MR) is 140 cm³/mol. The zero-order chi connectivity index (χ0) is 26.0. The van der Waals surface area contributed by atoms with E-state index in [0.717, 1.165) is 14.6 Å². The number of likely N-dealkylation sites (tertiary alicyclic amines) is 1. The molecule has 2 heterocycles. The van der Waals surface area contributed by atoms with Gasteiger partial charge in [0.15, 0.2) is 4.34 Å². The standard InChI is InChI=1S/C24H23N3O6S3/c1-13(2)20(23(30)33-12-15-8-10-16(11-9-15)27(31)32)26-21(29)19(14(3)28)22(26)35-36-24-25-17-6-4-5-7-18(17)34-24/h4-11,14,19,22,28H,12H2,1-3H3/t14-,19+,22-/m1/s1. The summed E-state index contributed by atoms with van der Waals surface area (Å²) in [7, 11) is 2.77. The van der Waals surface area contributed by atoms with Crippen LogP contribution in [0.15, 0.2) is 64.1 Å². The second-order valence-corrected chi connectivity index (χ2v) is 11.9. The average Bonchev–Trinajstić information content (AvgIpc) is 3.25. The summed E-state index contributed by atoms with van der Waals surface area (Å²) in [5.74, 6) is -1.70. The molecule has 0 bridgehead atoms. The Bertz CT molecular complexity index is 1300. The Hall–Kier alpha value is -2.93. The van der Waals surface area contributed by atoms with Crippen molar-refractivity contribution < 1.29 is 24.4 Å². The number of fused-ring (bicyclic) bond motifs is 1. The zero-order valence-corrected chi connectivity index (χ0v) is 22.1. The van der Waals surface area contributed by atoms with Crippen molar-refractivity contribution in [1.29, 1.82) is 0 Å². The second kappa shape index (κ2) is 11.0. The van der Waals surface area contributed by atoms with Crippen molar-refractivity contribution in [2.24, 2.45) is 5.92 Å². The van der Waals surface area contributed by atoms with Crippen LogP contribution in [0.3, 0.4) is 0 Å². The minimum absolute atomic E-state index is 0.0594. The van der Waals surface area contributed by atoms with E-state index >= 15 is 0 Å². The number of benzene rings is 2. The Labute approximate surface area is 219 Å². The summed E-state index contributed by atoms with van der Waals surface area (Å²) in [6.45, 7) is 4.89. The number of nitrogens with zero attached hydrogens (tertiary/aromatic N) is 3. The summed E-state index contributed by atoms with van der Waals surface area (Å²) in [5, 5.41) is 20.6. The Kier molecular flexibility index (Phi) is 7.98. The smallest absolute Gasteiger partial charge is 0.355 e. The van der Waals surface area contributed by atoms with E-state index in [4.69, 9.17) is 4.74 Å². The molecule has 9 nitrogen and oxygen atoms in total. The number of β-lactam (4-membered cyclic amide) rings is 1. The van der Waals surface area contributed by atoms with Crippen LogP contribution in [0, 0.1) is 16.0 Å². The lowest BCUT2D eigenvalue weighted by Crippen LogP contribution is -2.62. The fraction of sp³-hybridized carbons (Fsp3) is 0.292. The first-order chi connectivity index (χ1) is 17.2. The van der Waals surface area contributed by atoms with Gasteiger partial charge in [-0.15, -0.1) is 11.3 Å². The van der Waals surface area contributed by atoms with Gasteiger partial charge in [-0.05, 0) is 67.0 Å². The number of hydrogen-bond acceptors (Lipinski definition) is 10. The van der Waals surface area contributed by atoms with E-state index in [-0.39, 0.29) is 23.9 Å². The maximum absolute atomic E-state index is 13.1. The minimum Gasteiger partial charge on any atom is -0.456 e. The first kappa shape index (κ1) is 26.1. The molecular weight excluding hydrogens is 522 g/mol. The highest BCUT2D eigenvalue weighted by Gasteiger charge is 2.53. The van der Waals surface area contributed by atoms with Crippen molar-refractivity contribution in [1.82, 2.24) is 9.88 Å². The molecule has 1 aliphatic heterocycles. The zero-order valence-electron chi connectivity index (χ0n) is 19.6. The molecule has 2 aromatic carbocycles. The van der Waals surface area contributed by atoms with Gasteiger partial charge in [0.25, 0.3) is 5.69 Å². The van der Waals surface area contributed by atoms with Gasteiger partial charge in [0.05, 0.1) is 27.2 Å². The first-order valence-electron chi connectivity index (χ1n) is 11.0. The normalized spacial score (nSPS) is 18.0. The molecule has 188 valence electrons. The number of thiazole rings is 1. The molecule has 1 N–H and O–H groups in total. The van der Waals surface area contributed by atoms with Gasteiger partial charge in [0.1, 0.15) is 17.7 Å². The number of nitro groups is 1.